The van der Waals surface area contributed by atoms with Crippen LogP contribution in [0.25, 0.3) is 0 Å². The van der Waals surface area contributed by atoms with Gasteiger partial charge in [-0.1, -0.05) is 18.2 Å². The molecule has 0 saturated carbocycles. The van der Waals surface area contributed by atoms with Gasteiger partial charge in [-0.15, -0.1) is 11.3 Å². The van der Waals surface area contributed by atoms with Crippen LogP contribution in [0.15, 0.2) is 40.6 Å². The first kappa shape index (κ1) is 18.0. The van der Waals surface area contributed by atoms with Crippen molar-refractivity contribution in [1.29, 1.82) is 0 Å². The molecule has 1 aromatic carbocycles. The first-order chi connectivity index (χ1) is 11.9. The minimum Gasteiger partial charge on any atom is -0.351 e. The Morgan fingerprint density at radius 3 is 2.76 bits per heavy atom. The van der Waals surface area contributed by atoms with Crippen LogP contribution in [0.2, 0.25) is 0 Å². The number of hydrogen-bond acceptors (Lipinski definition) is 4. The van der Waals surface area contributed by atoms with E-state index in [0.29, 0.717) is 24.9 Å². The third kappa shape index (κ3) is 3.75. The highest BCUT2D eigenvalue weighted by Crippen LogP contribution is 2.30. The van der Waals surface area contributed by atoms with Gasteiger partial charge in [0, 0.05) is 23.5 Å². The molecule has 2 heterocycles. The van der Waals surface area contributed by atoms with E-state index in [-0.39, 0.29) is 10.8 Å². The molecule has 3 rings (SSSR count). The highest BCUT2D eigenvalue weighted by molar-refractivity contribution is 7.91. The number of halogens is 1. The lowest BCUT2D eigenvalue weighted by molar-refractivity contribution is -0.124. The van der Waals surface area contributed by atoms with Crippen LogP contribution in [0.4, 0.5) is 4.39 Å². The fourth-order valence-corrected chi connectivity index (χ4v) is 5.97. The van der Waals surface area contributed by atoms with Gasteiger partial charge in [-0.25, -0.2) is 12.8 Å². The van der Waals surface area contributed by atoms with Crippen molar-refractivity contribution < 1.29 is 17.6 Å². The molecule has 5 nitrogen and oxygen atoms in total. The number of thiophene rings is 1. The second-order valence-corrected chi connectivity index (χ2v) is 9.35. The van der Waals surface area contributed by atoms with E-state index in [0.717, 1.165) is 4.88 Å². The van der Waals surface area contributed by atoms with Crippen LogP contribution in [0, 0.1) is 12.7 Å². The number of benzene rings is 1. The van der Waals surface area contributed by atoms with E-state index < -0.39 is 27.8 Å². The summed E-state index contributed by atoms with van der Waals surface area (Å²) in [6.45, 7) is 2.19. The fraction of sp³-hybridized carbons (Fsp3) is 0.353. The van der Waals surface area contributed by atoms with Gasteiger partial charge in [0.15, 0.2) is 0 Å². The van der Waals surface area contributed by atoms with Crippen molar-refractivity contribution in [2.24, 2.45) is 0 Å². The van der Waals surface area contributed by atoms with Crippen LogP contribution >= 0.6 is 11.3 Å². The third-order valence-corrected chi connectivity index (χ3v) is 7.57. The molecule has 134 valence electrons. The maximum Gasteiger partial charge on any atom is 0.253 e. The lowest BCUT2D eigenvalue weighted by Crippen LogP contribution is -2.45. The average molecular weight is 382 g/mol. The molecule has 1 fully saturated rings. The van der Waals surface area contributed by atoms with Crippen LogP contribution in [0.5, 0.6) is 0 Å². The first-order valence-corrected chi connectivity index (χ1v) is 10.2. The summed E-state index contributed by atoms with van der Waals surface area (Å²) in [6, 6.07) is 8.76. The van der Waals surface area contributed by atoms with Crippen LogP contribution in [0.3, 0.4) is 0 Å². The number of nitrogens with zero attached hydrogens (tertiary/aromatic N) is 1. The summed E-state index contributed by atoms with van der Waals surface area (Å²) < 4.78 is 40.7. The summed E-state index contributed by atoms with van der Waals surface area (Å²) in [7, 11) is -3.69. The quantitative estimate of drug-likeness (QED) is 0.865. The number of nitrogens with one attached hydrogen (secondary N) is 1. The Kier molecular flexibility index (Phi) is 5.21. The van der Waals surface area contributed by atoms with E-state index >= 15 is 0 Å². The van der Waals surface area contributed by atoms with Gasteiger partial charge in [-0.3, -0.25) is 4.79 Å². The Labute approximate surface area is 150 Å². The van der Waals surface area contributed by atoms with Gasteiger partial charge >= 0.3 is 0 Å². The zero-order valence-electron chi connectivity index (χ0n) is 13.7. The normalized spacial score (nSPS) is 18.4. The predicted octanol–water partition coefficient (Wildman–Crippen LogP) is 2.67. The number of aryl methyl sites for hydroxylation is 1. The van der Waals surface area contributed by atoms with Crippen molar-refractivity contribution in [2.45, 2.75) is 36.6 Å². The van der Waals surface area contributed by atoms with Crippen molar-refractivity contribution in [3.8, 4) is 0 Å². The molecule has 1 aromatic heterocycles. The van der Waals surface area contributed by atoms with E-state index in [1.54, 1.807) is 30.3 Å². The lowest BCUT2D eigenvalue weighted by atomic mass is 10.2. The number of amides is 1. The maximum absolute atomic E-state index is 13.7. The van der Waals surface area contributed by atoms with Crippen molar-refractivity contribution in [2.75, 3.05) is 6.54 Å². The number of carbonyl (C=O) groups excluding carboxylic acids is 1. The summed E-state index contributed by atoms with van der Waals surface area (Å²) >= 11 is 1.20. The van der Waals surface area contributed by atoms with Gasteiger partial charge in [0.1, 0.15) is 16.1 Å². The molecule has 1 amide bonds. The standard InChI is InChI=1S/C17H19FN2O3S2/c1-12-8-9-16(24-12)25(22,23)20-10-4-7-15(20)17(21)19-11-13-5-2-3-6-14(13)18/h2-3,5-6,8-9,15H,4,7,10-11H2,1H3,(H,19,21)/t15-/m0/s1. The molecule has 1 atom stereocenters. The van der Waals surface area contributed by atoms with Crippen LogP contribution < -0.4 is 5.32 Å². The van der Waals surface area contributed by atoms with E-state index in [2.05, 4.69) is 5.32 Å². The number of hydrogen-bond donors (Lipinski definition) is 1. The van der Waals surface area contributed by atoms with Gasteiger partial charge in [0.05, 0.1) is 0 Å². The lowest BCUT2D eigenvalue weighted by Gasteiger charge is -2.22. The molecule has 2 aromatic rings. The number of sulfonamides is 1. The molecule has 0 bridgehead atoms. The van der Waals surface area contributed by atoms with Gasteiger partial charge in [-0.05, 0) is 38.0 Å². The van der Waals surface area contributed by atoms with Gasteiger partial charge < -0.3 is 5.32 Å². The van der Waals surface area contributed by atoms with E-state index in [1.165, 1.54) is 21.7 Å². The second kappa shape index (κ2) is 7.23. The Bertz CT molecular complexity index is 880. The highest BCUT2D eigenvalue weighted by Gasteiger charge is 2.39. The molecule has 0 radical (unpaired) electrons. The highest BCUT2D eigenvalue weighted by atomic mass is 32.2. The Balaban J connectivity index is 1.73. The Hall–Kier alpha value is -1.77. The van der Waals surface area contributed by atoms with Crippen molar-refractivity contribution >= 4 is 27.3 Å². The SMILES string of the molecule is Cc1ccc(S(=O)(=O)N2CCC[C@H]2C(=O)NCc2ccccc2F)s1. The molecule has 25 heavy (non-hydrogen) atoms. The molecule has 1 aliphatic rings. The topological polar surface area (TPSA) is 66.5 Å². The smallest absolute Gasteiger partial charge is 0.253 e. The van der Waals surface area contributed by atoms with Crippen LogP contribution in [-0.2, 0) is 21.4 Å². The van der Waals surface area contributed by atoms with Crippen molar-refractivity contribution in [3.05, 3.63) is 52.7 Å². The van der Waals surface area contributed by atoms with E-state index in [1.807, 2.05) is 6.92 Å². The van der Waals surface area contributed by atoms with Crippen LogP contribution in [0.1, 0.15) is 23.3 Å². The third-order valence-electron chi connectivity index (χ3n) is 4.20. The Morgan fingerprint density at radius 1 is 1.32 bits per heavy atom. The zero-order chi connectivity index (χ0) is 18.0. The summed E-state index contributed by atoms with van der Waals surface area (Å²) in [4.78, 5) is 13.4. The molecule has 0 unspecified atom stereocenters. The summed E-state index contributed by atoms with van der Waals surface area (Å²) in [5.41, 5.74) is 0.372. The second-order valence-electron chi connectivity index (χ2n) is 5.95. The fourth-order valence-electron chi connectivity index (χ4n) is 2.90. The monoisotopic (exact) mass is 382 g/mol. The van der Waals surface area contributed by atoms with E-state index in [4.69, 9.17) is 0 Å². The minimum absolute atomic E-state index is 0.0357. The Morgan fingerprint density at radius 2 is 2.08 bits per heavy atom. The van der Waals surface area contributed by atoms with Gasteiger partial charge in [-0.2, -0.15) is 4.31 Å². The first-order valence-electron chi connectivity index (χ1n) is 7.99. The predicted molar refractivity (Wildman–Crippen MR) is 94.2 cm³/mol. The largest absolute Gasteiger partial charge is 0.351 e. The molecule has 0 aliphatic carbocycles. The molecule has 1 saturated heterocycles. The van der Waals surface area contributed by atoms with Gasteiger partial charge in [0.25, 0.3) is 10.0 Å². The molecule has 1 N–H and O–H groups in total. The molecular formula is C17H19FN2O3S2. The minimum atomic E-state index is -3.69. The van der Waals surface area contributed by atoms with Crippen LogP contribution in [-0.4, -0.2) is 31.2 Å². The van der Waals surface area contributed by atoms with Crippen molar-refractivity contribution in [3.63, 3.8) is 0 Å². The van der Waals surface area contributed by atoms with Crippen molar-refractivity contribution in [1.82, 2.24) is 9.62 Å². The zero-order valence-corrected chi connectivity index (χ0v) is 15.4. The molecular weight excluding hydrogens is 363 g/mol. The average Bonchev–Trinajstić information content (AvgIpc) is 3.23. The number of carbonyl (C=O) groups is 1. The summed E-state index contributed by atoms with van der Waals surface area (Å²) in [5, 5.41) is 2.66. The summed E-state index contributed by atoms with van der Waals surface area (Å²) in [5.74, 6) is -0.787. The number of rotatable bonds is 5. The van der Waals surface area contributed by atoms with E-state index in [9.17, 15) is 17.6 Å². The maximum atomic E-state index is 13.7. The molecule has 8 heteroatoms. The van der Waals surface area contributed by atoms with Gasteiger partial charge in [0.2, 0.25) is 5.91 Å². The summed E-state index contributed by atoms with van der Waals surface area (Å²) in [6.07, 6.45) is 1.09. The molecule has 1 aliphatic heterocycles. The molecule has 0 spiro atoms.